The van der Waals surface area contributed by atoms with Gasteiger partial charge >= 0.3 is 0 Å². The van der Waals surface area contributed by atoms with E-state index in [1.54, 1.807) is 0 Å². The van der Waals surface area contributed by atoms with Crippen molar-refractivity contribution in [2.24, 2.45) is 0 Å². The van der Waals surface area contributed by atoms with Crippen LogP contribution in [0.25, 0.3) is 11.1 Å². The number of nitrogens with zero attached hydrogens (tertiary/aromatic N) is 3. The molecule has 0 unspecified atom stereocenters. The maximum Gasteiger partial charge on any atom is 0.0373 e. The number of aryl methyl sites for hydroxylation is 1. The van der Waals surface area contributed by atoms with Crippen molar-refractivity contribution in [2.75, 3.05) is 38.1 Å². The van der Waals surface area contributed by atoms with E-state index in [4.69, 9.17) is 0 Å². The van der Waals surface area contributed by atoms with Crippen molar-refractivity contribution in [1.29, 1.82) is 0 Å². The van der Waals surface area contributed by atoms with E-state index in [1.807, 2.05) is 12.4 Å². The molecule has 0 N–H and O–H groups in total. The van der Waals surface area contributed by atoms with Gasteiger partial charge in [0.05, 0.1) is 0 Å². The summed E-state index contributed by atoms with van der Waals surface area (Å²) in [6, 6.07) is 11.0. The van der Waals surface area contributed by atoms with Crippen molar-refractivity contribution in [3.63, 3.8) is 0 Å². The number of hydrogen-bond donors (Lipinski definition) is 0. The van der Waals surface area contributed by atoms with Crippen molar-refractivity contribution in [1.82, 2.24) is 9.88 Å². The predicted molar refractivity (Wildman–Crippen MR) is 84.1 cm³/mol. The van der Waals surface area contributed by atoms with E-state index < -0.39 is 0 Å². The van der Waals surface area contributed by atoms with Crippen LogP contribution in [-0.2, 0) is 0 Å². The number of rotatable bonds is 2. The molecule has 3 rings (SSSR count). The van der Waals surface area contributed by atoms with Gasteiger partial charge in [-0.25, -0.2) is 0 Å². The third-order valence-electron chi connectivity index (χ3n) is 3.92. The second-order valence-electron chi connectivity index (χ2n) is 5.59. The summed E-state index contributed by atoms with van der Waals surface area (Å²) in [6.45, 7) is 6.56. The van der Waals surface area contributed by atoms with Gasteiger partial charge in [-0.1, -0.05) is 12.1 Å². The molecular weight excluding hydrogens is 246 g/mol. The number of benzene rings is 1. The van der Waals surface area contributed by atoms with Crippen LogP contribution in [0.15, 0.2) is 42.7 Å². The molecule has 20 heavy (non-hydrogen) atoms. The van der Waals surface area contributed by atoms with Crippen molar-refractivity contribution in [3.05, 3.63) is 48.3 Å². The summed E-state index contributed by atoms with van der Waals surface area (Å²) < 4.78 is 0. The molecule has 1 saturated heterocycles. The van der Waals surface area contributed by atoms with Crippen LogP contribution in [-0.4, -0.2) is 43.1 Å². The molecule has 1 aliphatic rings. The Morgan fingerprint density at radius 2 is 1.75 bits per heavy atom. The standard InChI is InChI=1S/C17H21N3/c1-14-10-16(13-18-12-14)15-4-3-5-17(11-15)20-8-6-19(2)7-9-20/h3-5,10-13H,6-9H2,1-2H3. The van der Waals surface area contributed by atoms with E-state index in [2.05, 4.69) is 59.1 Å². The quantitative estimate of drug-likeness (QED) is 0.834. The molecule has 0 saturated carbocycles. The van der Waals surface area contributed by atoms with E-state index in [9.17, 15) is 0 Å². The van der Waals surface area contributed by atoms with Gasteiger partial charge in [0.15, 0.2) is 0 Å². The van der Waals surface area contributed by atoms with E-state index in [1.165, 1.54) is 22.4 Å². The van der Waals surface area contributed by atoms with Crippen LogP contribution in [0.5, 0.6) is 0 Å². The number of anilines is 1. The number of aromatic nitrogens is 1. The highest BCUT2D eigenvalue weighted by Crippen LogP contribution is 2.25. The molecule has 1 fully saturated rings. The summed E-state index contributed by atoms with van der Waals surface area (Å²) in [5.74, 6) is 0. The second-order valence-corrected chi connectivity index (χ2v) is 5.59. The third kappa shape index (κ3) is 2.83. The molecule has 2 aromatic rings. The molecule has 0 spiro atoms. The lowest BCUT2D eigenvalue weighted by Gasteiger charge is -2.34. The van der Waals surface area contributed by atoms with E-state index in [0.29, 0.717) is 0 Å². The van der Waals surface area contributed by atoms with Crippen LogP contribution in [0.3, 0.4) is 0 Å². The average Bonchev–Trinajstić information content (AvgIpc) is 2.48. The highest BCUT2D eigenvalue weighted by molar-refractivity contribution is 5.68. The summed E-state index contributed by atoms with van der Waals surface area (Å²) in [7, 11) is 2.19. The number of likely N-dealkylation sites (N-methyl/N-ethyl adjacent to an activating group) is 1. The lowest BCUT2D eigenvalue weighted by Crippen LogP contribution is -2.44. The second kappa shape index (κ2) is 5.63. The highest BCUT2D eigenvalue weighted by Gasteiger charge is 2.14. The van der Waals surface area contributed by atoms with Gasteiger partial charge in [0, 0.05) is 49.8 Å². The molecule has 0 aliphatic carbocycles. The smallest absolute Gasteiger partial charge is 0.0373 e. The Hall–Kier alpha value is -1.87. The fourth-order valence-corrected chi connectivity index (χ4v) is 2.66. The van der Waals surface area contributed by atoms with Crippen LogP contribution in [0.1, 0.15) is 5.56 Å². The van der Waals surface area contributed by atoms with Gasteiger partial charge in [0.1, 0.15) is 0 Å². The Balaban J connectivity index is 1.86. The Kier molecular flexibility index (Phi) is 3.70. The van der Waals surface area contributed by atoms with Gasteiger partial charge in [-0.2, -0.15) is 0 Å². The summed E-state index contributed by atoms with van der Waals surface area (Å²) in [4.78, 5) is 9.14. The van der Waals surface area contributed by atoms with E-state index in [-0.39, 0.29) is 0 Å². The van der Waals surface area contributed by atoms with Gasteiger partial charge in [0.25, 0.3) is 0 Å². The predicted octanol–water partition coefficient (Wildman–Crippen LogP) is 2.81. The van der Waals surface area contributed by atoms with Crippen LogP contribution in [0.2, 0.25) is 0 Å². The molecule has 0 amide bonds. The molecular formula is C17H21N3. The average molecular weight is 267 g/mol. The number of piperazine rings is 1. The van der Waals surface area contributed by atoms with Gasteiger partial charge in [-0.15, -0.1) is 0 Å². The molecule has 104 valence electrons. The van der Waals surface area contributed by atoms with Crippen LogP contribution in [0.4, 0.5) is 5.69 Å². The molecule has 0 radical (unpaired) electrons. The molecule has 1 aromatic heterocycles. The van der Waals surface area contributed by atoms with Gasteiger partial charge < -0.3 is 9.80 Å². The first-order valence-corrected chi connectivity index (χ1v) is 7.18. The SMILES string of the molecule is Cc1cncc(-c2cccc(N3CCN(C)CC3)c2)c1. The fraction of sp³-hybridized carbons (Fsp3) is 0.353. The molecule has 0 atom stereocenters. The molecule has 2 heterocycles. The van der Waals surface area contributed by atoms with Crippen LogP contribution >= 0.6 is 0 Å². The van der Waals surface area contributed by atoms with Gasteiger partial charge in [-0.3, -0.25) is 4.98 Å². The van der Waals surface area contributed by atoms with Crippen molar-refractivity contribution >= 4 is 5.69 Å². The van der Waals surface area contributed by atoms with Gasteiger partial charge in [0.2, 0.25) is 0 Å². The molecule has 3 heteroatoms. The molecule has 1 aliphatic heterocycles. The maximum absolute atomic E-state index is 4.29. The third-order valence-corrected chi connectivity index (χ3v) is 3.92. The first kappa shape index (κ1) is 13.1. The normalized spacial score (nSPS) is 16.4. The monoisotopic (exact) mass is 267 g/mol. The lowest BCUT2D eigenvalue weighted by atomic mass is 10.1. The van der Waals surface area contributed by atoms with Crippen LogP contribution in [0, 0.1) is 6.92 Å². The van der Waals surface area contributed by atoms with Crippen LogP contribution < -0.4 is 4.90 Å². The fourth-order valence-electron chi connectivity index (χ4n) is 2.66. The minimum atomic E-state index is 1.10. The Morgan fingerprint density at radius 3 is 2.50 bits per heavy atom. The molecule has 1 aromatic carbocycles. The Labute approximate surface area is 120 Å². The molecule has 0 bridgehead atoms. The van der Waals surface area contributed by atoms with Crippen molar-refractivity contribution in [3.8, 4) is 11.1 Å². The summed E-state index contributed by atoms with van der Waals surface area (Å²) >= 11 is 0. The first-order chi connectivity index (χ1) is 9.72. The molecule has 3 nitrogen and oxygen atoms in total. The summed E-state index contributed by atoms with van der Waals surface area (Å²) in [5.41, 5.74) is 4.96. The lowest BCUT2D eigenvalue weighted by molar-refractivity contribution is 0.313. The first-order valence-electron chi connectivity index (χ1n) is 7.18. The maximum atomic E-state index is 4.29. The van der Waals surface area contributed by atoms with Crippen molar-refractivity contribution < 1.29 is 0 Å². The Bertz CT molecular complexity index is 586. The van der Waals surface area contributed by atoms with E-state index in [0.717, 1.165) is 26.2 Å². The van der Waals surface area contributed by atoms with Crippen molar-refractivity contribution in [2.45, 2.75) is 6.92 Å². The topological polar surface area (TPSA) is 19.4 Å². The number of hydrogen-bond acceptors (Lipinski definition) is 3. The zero-order valence-corrected chi connectivity index (χ0v) is 12.2. The van der Waals surface area contributed by atoms with Gasteiger partial charge in [-0.05, 0) is 43.3 Å². The summed E-state index contributed by atoms with van der Waals surface area (Å²) in [6.07, 6.45) is 3.84. The zero-order valence-electron chi connectivity index (χ0n) is 12.2. The number of pyridine rings is 1. The van der Waals surface area contributed by atoms with E-state index >= 15 is 0 Å². The minimum absolute atomic E-state index is 1.10. The summed E-state index contributed by atoms with van der Waals surface area (Å²) in [5, 5.41) is 0. The Morgan fingerprint density at radius 1 is 0.950 bits per heavy atom. The highest BCUT2D eigenvalue weighted by atomic mass is 15.2. The minimum Gasteiger partial charge on any atom is -0.369 e. The zero-order chi connectivity index (χ0) is 13.9. The largest absolute Gasteiger partial charge is 0.369 e.